The van der Waals surface area contributed by atoms with E-state index in [9.17, 15) is 4.79 Å². The average molecular weight is 166 g/mol. The van der Waals surface area contributed by atoms with Crippen LogP contribution in [0, 0.1) is 5.92 Å². The first kappa shape index (κ1) is 8.97. The zero-order valence-electron chi connectivity index (χ0n) is 7.50. The molecule has 0 spiro atoms. The third-order valence-corrected chi connectivity index (χ3v) is 1.71. The number of H-pyrrole nitrogens is 1. The van der Waals surface area contributed by atoms with E-state index < -0.39 is 0 Å². The number of hydrogen-bond acceptors (Lipinski definition) is 2. The van der Waals surface area contributed by atoms with Gasteiger partial charge in [0.25, 0.3) is 5.56 Å². The van der Waals surface area contributed by atoms with Crippen molar-refractivity contribution in [2.45, 2.75) is 26.7 Å². The highest BCUT2D eigenvalue weighted by molar-refractivity contribution is 4.98. The van der Waals surface area contributed by atoms with Crippen LogP contribution in [-0.2, 0) is 6.42 Å². The summed E-state index contributed by atoms with van der Waals surface area (Å²) < 4.78 is 0. The van der Waals surface area contributed by atoms with Gasteiger partial charge in [-0.05, 0) is 18.8 Å². The summed E-state index contributed by atoms with van der Waals surface area (Å²) in [5.74, 6) is 0.658. The number of nitrogens with one attached hydrogen (secondary N) is 1. The summed E-state index contributed by atoms with van der Waals surface area (Å²) in [4.78, 5) is 17.4. The predicted octanol–water partition coefficient (Wildman–Crippen LogP) is 1.36. The van der Waals surface area contributed by atoms with E-state index in [1.807, 2.05) is 0 Å². The molecule has 0 radical (unpaired) electrons. The Labute approximate surface area is 71.9 Å². The van der Waals surface area contributed by atoms with Crippen LogP contribution in [-0.4, -0.2) is 9.97 Å². The van der Waals surface area contributed by atoms with Crippen LogP contribution in [0.1, 0.15) is 26.0 Å². The van der Waals surface area contributed by atoms with Crippen LogP contribution >= 0.6 is 0 Å². The van der Waals surface area contributed by atoms with E-state index in [4.69, 9.17) is 0 Å². The van der Waals surface area contributed by atoms with Gasteiger partial charge in [0.15, 0.2) is 0 Å². The highest BCUT2D eigenvalue weighted by Crippen LogP contribution is 2.04. The lowest BCUT2D eigenvalue weighted by Crippen LogP contribution is -2.07. The Hall–Kier alpha value is -1.12. The molecule has 1 aromatic heterocycles. The third kappa shape index (κ3) is 2.86. The van der Waals surface area contributed by atoms with Gasteiger partial charge in [-0.2, -0.15) is 0 Å². The van der Waals surface area contributed by atoms with E-state index in [0.717, 1.165) is 18.5 Å². The van der Waals surface area contributed by atoms with Crippen LogP contribution < -0.4 is 5.56 Å². The van der Waals surface area contributed by atoms with Crippen molar-refractivity contribution < 1.29 is 0 Å². The van der Waals surface area contributed by atoms with E-state index >= 15 is 0 Å². The number of hydrogen-bond donors (Lipinski definition) is 1. The molecule has 0 aliphatic carbocycles. The van der Waals surface area contributed by atoms with Gasteiger partial charge in [-0.1, -0.05) is 13.8 Å². The largest absolute Gasteiger partial charge is 0.313 e. The second kappa shape index (κ2) is 4.04. The van der Waals surface area contributed by atoms with Gasteiger partial charge in [0.05, 0.1) is 6.33 Å². The number of aryl methyl sites for hydroxylation is 1. The van der Waals surface area contributed by atoms with Crippen molar-refractivity contribution in [1.82, 2.24) is 9.97 Å². The van der Waals surface area contributed by atoms with Gasteiger partial charge in [0.2, 0.25) is 0 Å². The molecule has 1 heterocycles. The SMILES string of the molecule is CC(C)CCc1cc(=O)[nH]cn1. The van der Waals surface area contributed by atoms with Crippen LogP contribution in [0.15, 0.2) is 17.2 Å². The van der Waals surface area contributed by atoms with E-state index in [1.165, 1.54) is 6.33 Å². The molecule has 1 aromatic rings. The summed E-state index contributed by atoms with van der Waals surface area (Å²) in [5.41, 5.74) is 0.816. The predicted molar refractivity (Wildman–Crippen MR) is 48.0 cm³/mol. The third-order valence-electron chi connectivity index (χ3n) is 1.71. The minimum atomic E-state index is -0.0660. The molecule has 3 nitrogen and oxygen atoms in total. The molecule has 1 N–H and O–H groups in total. The fraction of sp³-hybridized carbons (Fsp3) is 0.556. The molecule has 0 aromatic carbocycles. The van der Waals surface area contributed by atoms with Crippen molar-refractivity contribution in [3.8, 4) is 0 Å². The van der Waals surface area contributed by atoms with E-state index in [2.05, 4.69) is 23.8 Å². The fourth-order valence-electron chi connectivity index (χ4n) is 0.982. The van der Waals surface area contributed by atoms with Crippen molar-refractivity contribution in [2.75, 3.05) is 0 Å². The molecule has 0 saturated heterocycles. The fourth-order valence-corrected chi connectivity index (χ4v) is 0.982. The van der Waals surface area contributed by atoms with Crippen LogP contribution in [0.2, 0.25) is 0 Å². The Morgan fingerprint density at radius 3 is 2.92 bits per heavy atom. The van der Waals surface area contributed by atoms with Gasteiger partial charge in [-0.3, -0.25) is 4.79 Å². The van der Waals surface area contributed by atoms with Gasteiger partial charge in [-0.15, -0.1) is 0 Å². The van der Waals surface area contributed by atoms with E-state index in [0.29, 0.717) is 5.92 Å². The molecule has 0 aliphatic rings. The molecule has 0 unspecified atom stereocenters. The zero-order valence-corrected chi connectivity index (χ0v) is 7.50. The van der Waals surface area contributed by atoms with Crippen LogP contribution in [0.25, 0.3) is 0 Å². The number of rotatable bonds is 3. The number of nitrogens with zero attached hydrogens (tertiary/aromatic N) is 1. The molecule has 3 heteroatoms. The maximum Gasteiger partial charge on any atom is 0.250 e. The quantitative estimate of drug-likeness (QED) is 0.736. The molecule has 0 bridgehead atoms. The molecule has 1 rings (SSSR count). The monoisotopic (exact) mass is 166 g/mol. The highest BCUT2D eigenvalue weighted by Gasteiger charge is 1.97. The van der Waals surface area contributed by atoms with Gasteiger partial charge in [0.1, 0.15) is 0 Å². The molecular weight excluding hydrogens is 152 g/mol. The lowest BCUT2D eigenvalue weighted by Gasteiger charge is -2.02. The van der Waals surface area contributed by atoms with Gasteiger partial charge < -0.3 is 4.98 Å². The molecular formula is C9H14N2O. The molecule has 12 heavy (non-hydrogen) atoms. The normalized spacial score (nSPS) is 10.6. The first-order valence-electron chi connectivity index (χ1n) is 4.22. The maximum absolute atomic E-state index is 10.8. The lowest BCUT2D eigenvalue weighted by atomic mass is 10.1. The molecule has 0 fully saturated rings. The highest BCUT2D eigenvalue weighted by atomic mass is 16.1. The smallest absolute Gasteiger partial charge is 0.250 e. The second-order valence-electron chi connectivity index (χ2n) is 3.33. The average Bonchev–Trinajstić information content (AvgIpc) is 2.01. The number of aromatic nitrogens is 2. The molecule has 0 saturated carbocycles. The van der Waals surface area contributed by atoms with Gasteiger partial charge in [-0.25, -0.2) is 4.98 Å². The van der Waals surface area contributed by atoms with Gasteiger partial charge >= 0.3 is 0 Å². The van der Waals surface area contributed by atoms with Crippen LogP contribution in [0.4, 0.5) is 0 Å². The van der Waals surface area contributed by atoms with Crippen LogP contribution in [0.3, 0.4) is 0 Å². The summed E-state index contributed by atoms with van der Waals surface area (Å²) in [6.07, 6.45) is 3.43. The summed E-state index contributed by atoms with van der Waals surface area (Å²) in [7, 11) is 0. The topological polar surface area (TPSA) is 45.8 Å². The summed E-state index contributed by atoms with van der Waals surface area (Å²) in [5, 5.41) is 0. The molecule has 66 valence electrons. The Bertz CT molecular complexity index is 291. The molecule has 0 amide bonds. The Kier molecular flexibility index (Phi) is 3.02. The minimum absolute atomic E-state index is 0.0660. The van der Waals surface area contributed by atoms with Crippen LogP contribution in [0.5, 0.6) is 0 Å². The first-order chi connectivity index (χ1) is 5.68. The zero-order chi connectivity index (χ0) is 8.97. The van der Waals surface area contributed by atoms with Crippen molar-refractivity contribution in [3.63, 3.8) is 0 Å². The molecule has 0 atom stereocenters. The Morgan fingerprint density at radius 1 is 1.58 bits per heavy atom. The molecule has 0 aliphatic heterocycles. The maximum atomic E-state index is 10.8. The summed E-state index contributed by atoms with van der Waals surface area (Å²) in [6.45, 7) is 4.32. The van der Waals surface area contributed by atoms with E-state index in [1.54, 1.807) is 6.07 Å². The lowest BCUT2D eigenvalue weighted by molar-refractivity contribution is 0.580. The Balaban J connectivity index is 2.58. The number of aromatic amines is 1. The van der Waals surface area contributed by atoms with Crippen molar-refractivity contribution in [2.24, 2.45) is 5.92 Å². The van der Waals surface area contributed by atoms with E-state index in [-0.39, 0.29) is 5.56 Å². The minimum Gasteiger partial charge on any atom is -0.313 e. The first-order valence-corrected chi connectivity index (χ1v) is 4.22. The summed E-state index contributed by atoms with van der Waals surface area (Å²) in [6, 6.07) is 1.56. The standard InChI is InChI=1S/C9H14N2O/c1-7(2)3-4-8-5-9(12)11-6-10-8/h5-7H,3-4H2,1-2H3,(H,10,11,12). The van der Waals surface area contributed by atoms with Crippen molar-refractivity contribution in [3.05, 3.63) is 28.4 Å². The summed E-state index contributed by atoms with van der Waals surface area (Å²) >= 11 is 0. The second-order valence-corrected chi connectivity index (χ2v) is 3.33. The van der Waals surface area contributed by atoms with Crippen molar-refractivity contribution >= 4 is 0 Å². The Morgan fingerprint density at radius 2 is 2.33 bits per heavy atom. The van der Waals surface area contributed by atoms with Crippen molar-refractivity contribution in [1.29, 1.82) is 0 Å². The van der Waals surface area contributed by atoms with Gasteiger partial charge in [0, 0.05) is 11.8 Å².